The fourth-order valence-corrected chi connectivity index (χ4v) is 0.877. The van der Waals surface area contributed by atoms with Gasteiger partial charge in [0.1, 0.15) is 0 Å². The third kappa shape index (κ3) is 3.19. The minimum absolute atomic E-state index is 1.00. The summed E-state index contributed by atoms with van der Waals surface area (Å²) >= 11 is 0. The van der Waals surface area contributed by atoms with Gasteiger partial charge in [-0.15, -0.1) is 0 Å². The van der Waals surface area contributed by atoms with Crippen molar-refractivity contribution in [3.63, 3.8) is 0 Å². The number of hydrogen-bond acceptors (Lipinski definition) is 1. The third-order valence-electron chi connectivity index (χ3n) is 1.49. The highest BCUT2D eigenvalue weighted by Crippen LogP contribution is 2.01. The van der Waals surface area contributed by atoms with Crippen LogP contribution in [0.5, 0.6) is 0 Å². The molecule has 1 heteroatoms. The van der Waals surface area contributed by atoms with Gasteiger partial charge in [0.2, 0.25) is 0 Å². The SMILES string of the molecule is CN(C)C[CH]c1ccccc1. The van der Waals surface area contributed by atoms with Gasteiger partial charge in [-0.05, 0) is 19.7 Å². The first kappa shape index (κ1) is 8.28. The molecular formula is C10H14N. The molecule has 0 N–H and O–H groups in total. The van der Waals surface area contributed by atoms with E-state index in [1.807, 2.05) is 6.07 Å². The molecule has 0 spiro atoms. The van der Waals surface area contributed by atoms with Gasteiger partial charge in [0.15, 0.2) is 0 Å². The molecule has 0 aliphatic heterocycles. The highest BCUT2D eigenvalue weighted by atomic mass is 15.0. The van der Waals surface area contributed by atoms with Gasteiger partial charge in [-0.2, -0.15) is 0 Å². The summed E-state index contributed by atoms with van der Waals surface area (Å²) in [7, 11) is 4.14. The second kappa shape index (κ2) is 4.14. The average Bonchev–Trinajstić information content (AvgIpc) is 2.03. The first-order valence-electron chi connectivity index (χ1n) is 3.82. The Bertz CT molecular complexity index is 191. The van der Waals surface area contributed by atoms with Crippen LogP contribution in [0, 0.1) is 6.42 Å². The summed E-state index contributed by atoms with van der Waals surface area (Å²) in [5, 5.41) is 0. The van der Waals surface area contributed by atoms with Gasteiger partial charge in [-0.3, -0.25) is 0 Å². The van der Waals surface area contributed by atoms with Gasteiger partial charge in [-0.1, -0.05) is 30.3 Å². The molecule has 0 aliphatic rings. The Morgan fingerprint density at radius 2 is 1.82 bits per heavy atom. The summed E-state index contributed by atoms with van der Waals surface area (Å²) in [6.07, 6.45) is 2.21. The summed E-state index contributed by atoms with van der Waals surface area (Å²) in [6, 6.07) is 10.4. The van der Waals surface area contributed by atoms with Crippen molar-refractivity contribution in [3.05, 3.63) is 42.3 Å². The summed E-state index contributed by atoms with van der Waals surface area (Å²) in [5.74, 6) is 0. The second-order valence-corrected chi connectivity index (χ2v) is 2.88. The van der Waals surface area contributed by atoms with Crippen LogP contribution >= 0.6 is 0 Å². The molecule has 1 nitrogen and oxygen atoms in total. The van der Waals surface area contributed by atoms with Crippen LogP contribution in [0.15, 0.2) is 30.3 Å². The summed E-state index contributed by atoms with van der Waals surface area (Å²) in [5.41, 5.74) is 1.29. The van der Waals surface area contributed by atoms with Crippen LogP contribution in [-0.2, 0) is 0 Å². The van der Waals surface area contributed by atoms with Gasteiger partial charge in [0.05, 0.1) is 0 Å². The van der Waals surface area contributed by atoms with Gasteiger partial charge in [0.25, 0.3) is 0 Å². The molecule has 0 unspecified atom stereocenters. The Morgan fingerprint density at radius 3 is 2.36 bits per heavy atom. The zero-order valence-corrected chi connectivity index (χ0v) is 7.12. The molecule has 59 valence electrons. The van der Waals surface area contributed by atoms with Gasteiger partial charge < -0.3 is 4.90 Å². The van der Waals surface area contributed by atoms with Crippen LogP contribution < -0.4 is 0 Å². The van der Waals surface area contributed by atoms with E-state index in [0.717, 1.165) is 6.54 Å². The average molecular weight is 148 g/mol. The third-order valence-corrected chi connectivity index (χ3v) is 1.49. The summed E-state index contributed by atoms with van der Waals surface area (Å²) in [6.45, 7) is 1.00. The summed E-state index contributed by atoms with van der Waals surface area (Å²) < 4.78 is 0. The molecule has 0 saturated carbocycles. The zero-order valence-electron chi connectivity index (χ0n) is 7.12. The number of benzene rings is 1. The predicted molar refractivity (Wildman–Crippen MR) is 48.4 cm³/mol. The minimum Gasteiger partial charge on any atom is -0.309 e. The quantitative estimate of drug-likeness (QED) is 0.631. The molecule has 0 atom stereocenters. The lowest BCUT2D eigenvalue weighted by molar-refractivity contribution is 0.445. The lowest BCUT2D eigenvalue weighted by atomic mass is 10.1. The van der Waals surface area contributed by atoms with Crippen molar-refractivity contribution in [1.82, 2.24) is 4.90 Å². The normalized spacial score (nSPS) is 10.5. The monoisotopic (exact) mass is 148 g/mol. The molecule has 1 aromatic carbocycles. The molecule has 1 aromatic rings. The van der Waals surface area contributed by atoms with E-state index in [9.17, 15) is 0 Å². The van der Waals surface area contributed by atoms with Crippen LogP contribution in [0.4, 0.5) is 0 Å². The summed E-state index contributed by atoms with van der Waals surface area (Å²) in [4.78, 5) is 2.15. The van der Waals surface area contributed by atoms with Crippen LogP contribution in [0.25, 0.3) is 0 Å². The second-order valence-electron chi connectivity index (χ2n) is 2.88. The smallest absolute Gasteiger partial charge is 0.00506 e. The largest absolute Gasteiger partial charge is 0.309 e. The maximum Gasteiger partial charge on any atom is 0.00506 e. The van der Waals surface area contributed by atoms with Crippen LogP contribution in [-0.4, -0.2) is 25.5 Å². The minimum atomic E-state index is 1.00. The van der Waals surface area contributed by atoms with E-state index >= 15 is 0 Å². The molecule has 0 saturated heterocycles. The highest BCUT2D eigenvalue weighted by Gasteiger charge is 1.92. The first-order chi connectivity index (χ1) is 5.29. The van der Waals surface area contributed by atoms with Crippen molar-refractivity contribution in [2.45, 2.75) is 0 Å². The Hall–Kier alpha value is -0.820. The van der Waals surface area contributed by atoms with Crippen LogP contribution in [0.1, 0.15) is 5.56 Å². The fraction of sp³-hybridized carbons (Fsp3) is 0.300. The molecule has 0 fully saturated rings. The van der Waals surface area contributed by atoms with Crippen molar-refractivity contribution in [1.29, 1.82) is 0 Å². The lowest BCUT2D eigenvalue weighted by Gasteiger charge is -2.07. The Kier molecular flexibility index (Phi) is 3.12. The molecule has 0 aliphatic carbocycles. The highest BCUT2D eigenvalue weighted by molar-refractivity contribution is 5.22. The Morgan fingerprint density at radius 1 is 1.18 bits per heavy atom. The van der Waals surface area contributed by atoms with Crippen molar-refractivity contribution in [2.75, 3.05) is 20.6 Å². The van der Waals surface area contributed by atoms with E-state index < -0.39 is 0 Å². The first-order valence-corrected chi connectivity index (χ1v) is 3.82. The van der Waals surface area contributed by atoms with Crippen molar-refractivity contribution in [2.24, 2.45) is 0 Å². The zero-order chi connectivity index (χ0) is 8.10. The van der Waals surface area contributed by atoms with E-state index in [4.69, 9.17) is 0 Å². The van der Waals surface area contributed by atoms with Gasteiger partial charge >= 0.3 is 0 Å². The van der Waals surface area contributed by atoms with E-state index in [2.05, 4.69) is 49.7 Å². The van der Waals surface area contributed by atoms with Crippen LogP contribution in [0.2, 0.25) is 0 Å². The van der Waals surface area contributed by atoms with E-state index in [-0.39, 0.29) is 0 Å². The fourth-order valence-electron chi connectivity index (χ4n) is 0.877. The molecule has 1 rings (SSSR count). The van der Waals surface area contributed by atoms with E-state index in [0.29, 0.717) is 0 Å². The molecule has 11 heavy (non-hydrogen) atoms. The van der Waals surface area contributed by atoms with E-state index in [1.165, 1.54) is 5.56 Å². The number of hydrogen-bond donors (Lipinski definition) is 0. The Balaban J connectivity index is 2.39. The van der Waals surface area contributed by atoms with Crippen molar-refractivity contribution >= 4 is 0 Å². The number of rotatable bonds is 3. The number of nitrogens with zero attached hydrogens (tertiary/aromatic N) is 1. The Labute approximate surface area is 68.7 Å². The molecule has 1 radical (unpaired) electrons. The lowest BCUT2D eigenvalue weighted by Crippen LogP contribution is -2.13. The van der Waals surface area contributed by atoms with Crippen LogP contribution in [0.3, 0.4) is 0 Å². The maximum atomic E-state index is 2.21. The van der Waals surface area contributed by atoms with Gasteiger partial charge in [0, 0.05) is 13.0 Å². The maximum absolute atomic E-state index is 2.21. The standard InChI is InChI=1S/C10H14N/c1-11(2)9-8-10-6-4-3-5-7-10/h3-8H,9H2,1-2H3. The van der Waals surface area contributed by atoms with Crippen molar-refractivity contribution < 1.29 is 0 Å². The van der Waals surface area contributed by atoms with Gasteiger partial charge in [-0.25, -0.2) is 0 Å². The topological polar surface area (TPSA) is 3.24 Å². The molecule has 0 heterocycles. The predicted octanol–water partition coefficient (Wildman–Crippen LogP) is 1.80. The number of likely N-dealkylation sites (N-methyl/N-ethyl adjacent to an activating group) is 1. The molecule has 0 amide bonds. The molecular weight excluding hydrogens is 134 g/mol. The molecule has 0 aromatic heterocycles. The van der Waals surface area contributed by atoms with E-state index in [1.54, 1.807) is 0 Å². The molecule has 0 bridgehead atoms. The van der Waals surface area contributed by atoms with Crippen molar-refractivity contribution in [3.8, 4) is 0 Å².